The molecule has 0 aromatic carbocycles. The first-order valence-corrected chi connectivity index (χ1v) is 10.7. The van der Waals surface area contributed by atoms with Crippen molar-refractivity contribution in [3.05, 3.63) is 0 Å². The third-order valence-electron chi connectivity index (χ3n) is 5.53. The zero-order valence-electron chi connectivity index (χ0n) is 13.3. The third kappa shape index (κ3) is 4.89. The van der Waals surface area contributed by atoms with Gasteiger partial charge in [-0.25, -0.2) is 0 Å². The molecule has 1 nitrogen and oxygen atoms in total. The van der Waals surface area contributed by atoms with E-state index in [0.717, 1.165) is 17.8 Å². The fourth-order valence-corrected chi connectivity index (χ4v) is 7.35. The van der Waals surface area contributed by atoms with Crippen LogP contribution in [0.25, 0.3) is 0 Å². The molecule has 1 saturated carbocycles. The SMILES string of the molecule is COC1CCC(C2CC[Si](CCC(C)C)CC2)CC1. The maximum Gasteiger partial charge on any atom is 0.0571 e. The predicted molar refractivity (Wildman–Crippen MR) is 85.1 cm³/mol. The second-order valence-corrected chi connectivity index (χ2v) is 10.3. The Labute approximate surface area is 122 Å². The highest BCUT2D eigenvalue weighted by atomic mass is 28.3. The summed E-state index contributed by atoms with van der Waals surface area (Å²) in [4.78, 5) is 0. The molecule has 1 aliphatic carbocycles. The molecule has 0 N–H and O–H groups in total. The Morgan fingerprint density at radius 3 is 2.05 bits per heavy atom. The molecule has 2 rings (SSSR count). The molecule has 19 heavy (non-hydrogen) atoms. The lowest BCUT2D eigenvalue weighted by Crippen LogP contribution is -2.30. The summed E-state index contributed by atoms with van der Waals surface area (Å²) in [7, 11) is 1.93. The normalized spacial score (nSPS) is 30.9. The summed E-state index contributed by atoms with van der Waals surface area (Å²) in [6, 6.07) is 4.82. The fourth-order valence-electron chi connectivity index (χ4n) is 4.06. The van der Waals surface area contributed by atoms with Crippen molar-refractivity contribution >= 4 is 8.80 Å². The Balaban J connectivity index is 1.66. The predicted octanol–water partition coefficient (Wildman–Crippen LogP) is 5.14. The van der Waals surface area contributed by atoms with E-state index in [0.29, 0.717) is 6.10 Å². The first-order valence-electron chi connectivity index (χ1n) is 8.55. The largest absolute Gasteiger partial charge is 0.381 e. The van der Waals surface area contributed by atoms with Gasteiger partial charge in [0.25, 0.3) is 0 Å². The first-order chi connectivity index (χ1) is 9.19. The van der Waals surface area contributed by atoms with Gasteiger partial charge in [-0.2, -0.15) is 0 Å². The summed E-state index contributed by atoms with van der Waals surface area (Å²) in [6.07, 6.45) is 10.7. The summed E-state index contributed by atoms with van der Waals surface area (Å²) in [5.41, 5.74) is 0. The zero-order valence-corrected chi connectivity index (χ0v) is 14.3. The molecule has 2 heteroatoms. The molecule has 1 aliphatic heterocycles. The summed E-state index contributed by atoms with van der Waals surface area (Å²) < 4.78 is 5.50. The highest BCUT2D eigenvalue weighted by Gasteiger charge is 2.31. The Bertz CT molecular complexity index is 238. The standard InChI is InChI=1S/C17H33OSi/c1-14(2)8-11-19-12-9-16(10-13-19)15-4-6-17(18-3)7-5-15/h14-17H,4-13H2,1-3H3. The topological polar surface area (TPSA) is 9.23 Å². The molecule has 0 spiro atoms. The van der Waals surface area contributed by atoms with Crippen molar-refractivity contribution in [3.8, 4) is 0 Å². The summed E-state index contributed by atoms with van der Waals surface area (Å²) in [5.74, 6) is 3.03. The molecule has 0 aromatic heterocycles. The smallest absolute Gasteiger partial charge is 0.0571 e. The van der Waals surface area contributed by atoms with Crippen molar-refractivity contribution < 1.29 is 4.74 Å². The monoisotopic (exact) mass is 281 g/mol. The van der Waals surface area contributed by atoms with Crippen molar-refractivity contribution in [2.24, 2.45) is 17.8 Å². The van der Waals surface area contributed by atoms with Crippen molar-refractivity contribution in [2.45, 2.75) is 83.0 Å². The van der Waals surface area contributed by atoms with Crippen LogP contribution < -0.4 is 0 Å². The third-order valence-corrected chi connectivity index (χ3v) is 8.52. The molecule has 0 aromatic rings. The van der Waals surface area contributed by atoms with E-state index in [1.165, 1.54) is 32.1 Å². The van der Waals surface area contributed by atoms with Crippen molar-refractivity contribution in [2.75, 3.05) is 7.11 Å². The Morgan fingerprint density at radius 1 is 0.947 bits per heavy atom. The molecule has 0 amide bonds. The highest BCUT2D eigenvalue weighted by molar-refractivity contribution is 6.58. The first kappa shape index (κ1) is 15.6. The van der Waals surface area contributed by atoms with Crippen molar-refractivity contribution in [1.82, 2.24) is 0 Å². The van der Waals surface area contributed by atoms with Gasteiger partial charge in [0, 0.05) is 15.9 Å². The molecular formula is C17H33OSi. The van der Waals surface area contributed by atoms with Crippen molar-refractivity contribution in [3.63, 3.8) is 0 Å². The summed E-state index contributed by atoms with van der Waals surface area (Å²) in [5, 5.41) is 0. The number of methoxy groups -OCH3 is 1. The van der Waals surface area contributed by atoms with E-state index in [1.54, 1.807) is 31.0 Å². The van der Waals surface area contributed by atoms with Crippen LogP contribution in [-0.4, -0.2) is 22.0 Å². The van der Waals surface area contributed by atoms with Gasteiger partial charge in [0.15, 0.2) is 0 Å². The van der Waals surface area contributed by atoms with Gasteiger partial charge < -0.3 is 4.74 Å². The maximum atomic E-state index is 5.50. The van der Waals surface area contributed by atoms with E-state index in [9.17, 15) is 0 Å². The quantitative estimate of drug-likeness (QED) is 0.634. The molecule has 1 heterocycles. The van der Waals surface area contributed by atoms with E-state index in [-0.39, 0.29) is 8.80 Å². The van der Waals surface area contributed by atoms with Crippen LogP contribution in [0.3, 0.4) is 0 Å². The van der Waals surface area contributed by atoms with Gasteiger partial charge in [0.05, 0.1) is 6.10 Å². The lowest BCUT2D eigenvalue weighted by Gasteiger charge is -2.37. The van der Waals surface area contributed by atoms with Crippen LogP contribution in [0.2, 0.25) is 18.1 Å². The number of hydrogen-bond donors (Lipinski definition) is 0. The Hall–Kier alpha value is 0.177. The van der Waals surface area contributed by atoms with Crippen LogP contribution in [0.15, 0.2) is 0 Å². The van der Waals surface area contributed by atoms with Crippen LogP contribution in [0.5, 0.6) is 0 Å². The van der Waals surface area contributed by atoms with Gasteiger partial charge in [0.1, 0.15) is 0 Å². The second-order valence-electron chi connectivity index (χ2n) is 7.29. The molecule has 0 unspecified atom stereocenters. The molecule has 2 aliphatic rings. The minimum absolute atomic E-state index is 0.0467. The van der Waals surface area contributed by atoms with Gasteiger partial charge >= 0.3 is 0 Å². The van der Waals surface area contributed by atoms with E-state index in [2.05, 4.69) is 13.8 Å². The highest BCUT2D eigenvalue weighted by Crippen LogP contribution is 2.40. The van der Waals surface area contributed by atoms with Gasteiger partial charge in [0.2, 0.25) is 0 Å². The van der Waals surface area contributed by atoms with E-state index >= 15 is 0 Å². The second kappa shape index (κ2) is 7.83. The molecular weight excluding hydrogens is 248 g/mol. The maximum absolute atomic E-state index is 5.50. The molecule has 1 saturated heterocycles. The minimum atomic E-state index is 0.0467. The van der Waals surface area contributed by atoms with Crippen LogP contribution in [0, 0.1) is 17.8 Å². The van der Waals surface area contributed by atoms with Crippen LogP contribution in [0.4, 0.5) is 0 Å². The summed E-state index contributed by atoms with van der Waals surface area (Å²) in [6.45, 7) is 4.75. The molecule has 111 valence electrons. The van der Waals surface area contributed by atoms with E-state index in [4.69, 9.17) is 4.74 Å². The van der Waals surface area contributed by atoms with Gasteiger partial charge in [-0.3, -0.25) is 0 Å². The van der Waals surface area contributed by atoms with Gasteiger partial charge in [-0.05, 0) is 43.4 Å². The number of rotatable bonds is 5. The zero-order chi connectivity index (χ0) is 13.7. The van der Waals surface area contributed by atoms with Gasteiger partial charge in [-0.15, -0.1) is 0 Å². The van der Waals surface area contributed by atoms with Crippen LogP contribution >= 0.6 is 0 Å². The fraction of sp³-hybridized carbons (Fsp3) is 1.00. The van der Waals surface area contributed by atoms with E-state index < -0.39 is 0 Å². The van der Waals surface area contributed by atoms with E-state index in [1.807, 2.05) is 7.11 Å². The summed E-state index contributed by atoms with van der Waals surface area (Å²) >= 11 is 0. The number of ether oxygens (including phenoxy) is 1. The lowest BCUT2D eigenvalue weighted by molar-refractivity contribution is 0.0449. The van der Waals surface area contributed by atoms with Crippen LogP contribution in [0.1, 0.15) is 58.8 Å². The molecule has 0 atom stereocenters. The average molecular weight is 282 g/mol. The average Bonchev–Trinajstić information content (AvgIpc) is 2.46. The van der Waals surface area contributed by atoms with Crippen molar-refractivity contribution in [1.29, 1.82) is 0 Å². The molecule has 0 bridgehead atoms. The molecule has 1 radical (unpaired) electrons. The minimum Gasteiger partial charge on any atom is -0.381 e. The van der Waals surface area contributed by atoms with Gasteiger partial charge in [-0.1, -0.05) is 51.2 Å². The van der Waals surface area contributed by atoms with Crippen LogP contribution in [-0.2, 0) is 4.74 Å². The lowest BCUT2D eigenvalue weighted by atomic mass is 9.76. The Kier molecular flexibility index (Phi) is 6.41. The Morgan fingerprint density at radius 2 is 1.53 bits per heavy atom. The molecule has 2 fully saturated rings. The number of hydrogen-bond acceptors (Lipinski definition) is 1.